The van der Waals surface area contributed by atoms with E-state index >= 15 is 0 Å². The van der Waals surface area contributed by atoms with Crippen LogP contribution in [0.2, 0.25) is 0 Å². The maximum absolute atomic E-state index is 12.8. The second kappa shape index (κ2) is 8.96. The first-order valence-corrected chi connectivity index (χ1v) is 9.99. The Kier molecular flexibility index (Phi) is 6.41. The van der Waals surface area contributed by atoms with Gasteiger partial charge in [-0.25, -0.2) is 4.98 Å². The summed E-state index contributed by atoms with van der Waals surface area (Å²) in [7, 11) is 0. The molecular formula is C20H19BrN2O2S. The van der Waals surface area contributed by atoms with Crippen LogP contribution in [0.15, 0.2) is 64.5 Å². The number of para-hydroxylation sites is 1. The normalized spacial score (nSPS) is 10.5. The van der Waals surface area contributed by atoms with Crippen LogP contribution in [0.1, 0.15) is 18.5 Å². The summed E-state index contributed by atoms with van der Waals surface area (Å²) >= 11 is 4.90. The zero-order chi connectivity index (χ0) is 18.4. The molecule has 4 nitrogen and oxygen atoms in total. The van der Waals surface area contributed by atoms with E-state index in [1.54, 1.807) is 4.90 Å². The van der Waals surface area contributed by atoms with Crippen molar-refractivity contribution in [1.29, 1.82) is 0 Å². The van der Waals surface area contributed by atoms with E-state index < -0.39 is 0 Å². The van der Waals surface area contributed by atoms with Crippen molar-refractivity contribution in [3.05, 3.63) is 70.1 Å². The van der Waals surface area contributed by atoms with Gasteiger partial charge in [-0.15, -0.1) is 11.3 Å². The van der Waals surface area contributed by atoms with Crippen molar-refractivity contribution in [2.75, 3.05) is 11.5 Å². The molecule has 1 amide bonds. The van der Waals surface area contributed by atoms with Gasteiger partial charge in [0.05, 0.1) is 18.0 Å². The third kappa shape index (κ3) is 4.93. The fraction of sp³-hybridized carbons (Fsp3) is 0.200. The Morgan fingerprint density at radius 3 is 2.69 bits per heavy atom. The second-order valence-corrected chi connectivity index (χ2v) is 7.50. The van der Waals surface area contributed by atoms with E-state index in [2.05, 4.69) is 20.9 Å². The highest BCUT2D eigenvalue weighted by Crippen LogP contribution is 2.29. The number of nitrogens with zero attached hydrogens (tertiary/aromatic N) is 2. The zero-order valence-electron chi connectivity index (χ0n) is 14.4. The Labute approximate surface area is 165 Å². The Hall–Kier alpha value is -2.18. The van der Waals surface area contributed by atoms with Gasteiger partial charge in [0.1, 0.15) is 5.75 Å². The Morgan fingerprint density at radius 2 is 2.00 bits per heavy atom. The lowest BCUT2D eigenvalue weighted by Gasteiger charge is -2.20. The topological polar surface area (TPSA) is 42.4 Å². The molecule has 0 aliphatic heterocycles. The van der Waals surface area contributed by atoms with Crippen LogP contribution in [0.5, 0.6) is 5.75 Å². The summed E-state index contributed by atoms with van der Waals surface area (Å²) < 4.78 is 6.69. The lowest BCUT2D eigenvalue weighted by molar-refractivity contribution is -0.118. The number of aryl methyl sites for hydroxylation is 1. The molecule has 0 atom stereocenters. The maximum Gasteiger partial charge on any atom is 0.233 e. The summed E-state index contributed by atoms with van der Waals surface area (Å²) in [4.78, 5) is 19.0. The van der Waals surface area contributed by atoms with Crippen LogP contribution in [0, 0.1) is 6.92 Å². The number of anilines is 2. The molecule has 1 heterocycles. The minimum Gasteiger partial charge on any atom is -0.494 e. The summed E-state index contributed by atoms with van der Waals surface area (Å²) in [5, 5.41) is 2.65. The van der Waals surface area contributed by atoms with Crippen molar-refractivity contribution >= 4 is 44.0 Å². The van der Waals surface area contributed by atoms with Gasteiger partial charge >= 0.3 is 0 Å². The number of amides is 1. The second-order valence-electron chi connectivity index (χ2n) is 5.75. The van der Waals surface area contributed by atoms with E-state index in [4.69, 9.17) is 4.74 Å². The molecule has 26 heavy (non-hydrogen) atoms. The predicted molar refractivity (Wildman–Crippen MR) is 109 cm³/mol. The zero-order valence-corrected chi connectivity index (χ0v) is 16.8. The number of aromatic nitrogens is 1. The van der Waals surface area contributed by atoms with E-state index in [1.165, 1.54) is 11.3 Å². The number of ether oxygens (including phenoxy) is 1. The third-order valence-electron chi connectivity index (χ3n) is 3.66. The average molecular weight is 431 g/mol. The molecular weight excluding hydrogens is 412 g/mol. The molecule has 0 aliphatic rings. The molecule has 0 radical (unpaired) electrons. The van der Waals surface area contributed by atoms with Crippen molar-refractivity contribution < 1.29 is 9.53 Å². The number of benzene rings is 2. The van der Waals surface area contributed by atoms with Gasteiger partial charge in [-0.3, -0.25) is 9.69 Å². The number of hydrogen-bond donors (Lipinski definition) is 0. The molecule has 1 aromatic heterocycles. The quantitative estimate of drug-likeness (QED) is 0.448. The lowest BCUT2D eigenvalue weighted by atomic mass is 10.2. The standard InChI is InChI=1S/C20H19BrN2O2S/c1-15-14-26-20(22-15)23(17-8-3-2-4-9-17)19(24)11-6-12-25-18-10-5-7-16(21)13-18/h2-5,7-10,13-14H,6,11-12H2,1H3. The van der Waals surface area contributed by atoms with Crippen molar-refractivity contribution in [3.63, 3.8) is 0 Å². The SMILES string of the molecule is Cc1csc(N(C(=O)CCCOc2cccc(Br)c2)c2ccccc2)n1. The van der Waals surface area contributed by atoms with Crippen LogP contribution in [0.25, 0.3) is 0 Å². The van der Waals surface area contributed by atoms with E-state index in [0.717, 1.165) is 21.6 Å². The van der Waals surface area contributed by atoms with E-state index in [9.17, 15) is 4.79 Å². The fourth-order valence-electron chi connectivity index (χ4n) is 2.46. The van der Waals surface area contributed by atoms with Crippen LogP contribution in [-0.2, 0) is 4.79 Å². The first-order chi connectivity index (χ1) is 12.6. The number of hydrogen-bond acceptors (Lipinski definition) is 4. The molecule has 0 spiro atoms. The number of rotatable bonds is 7. The molecule has 3 aromatic rings. The summed E-state index contributed by atoms with van der Waals surface area (Å²) in [6.45, 7) is 2.42. The summed E-state index contributed by atoms with van der Waals surface area (Å²) in [6.07, 6.45) is 1.03. The van der Waals surface area contributed by atoms with Crippen LogP contribution >= 0.6 is 27.3 Å². The van der Waals surface area contributed by atoms with E-state index in [1.807, 2.05) is 66.9 Å². The van der Waals surface area contributed by atoms with Crippen LogP contribution in [-0.4, -0.2) is 17.5 Å². The largest absolute Gasteiger partial charge is 0.494 e. The molecule has 0 saturated carbocycles. The minimum absolute atomic E-state index is 0.0170. The smallest absolute Gasteiger partial charge is 0.233 e. The molecule has 0 N–H and O–H groups in total. The molecule has 0 bridgehead atoms. The summed E-state index contributed by atoms with van der Waals surface area (Å²) in [5.74, 6) is 0.811. The van der Waals surface area contributed by atoms with Gasteiger partial charge in [0.15, 0.2) is 5.13 Å². The number of carbonyl (C=O) groups is 1. The third-order valence-corrected chi connectivity index (χ3v) is 5.10. The lowest BCUT2D eigenvalue weighted by Crippen LogP contribution is -2.26. The van der Waals surface area contributed by atoms with Crippen molar-refractivity contribution in [3.8, 4) is 5.75 Å². The number of thiazole rings is 1. The highest BCUT2D eigenvalue weighted by Gasteiger charge is 2.20. The van der Waals surface area contributed by atoms with Gasteiger partial charge in [0.2, 0.25) is 5.91 Å². The molecule has 0 unspecified atom stereocenters. The fourth-order valence-corrected chi connectivity index (χ4v) is 3.68. The minimum atomic E-state index is 0.0170. The molecule has 0 aliphatic carbocycles. The predicted octanol–water partition coefficient (Wildman–Crippen LogP) is 5.74. The molecule has 134 valence electrons. The summed E-state index contributed by atoms with van der Waals surface area (Å²) in [6, 6.07) is 17.3. The number of halogens is 1. The molecule has 6 heteroatoms. The Morgan fingerprint density at radius 1 is 1.19 bits per heavy atom. The van der Waals surface area contributed by atoms with Crippen LogP contribution in [0.4, 0.5) is 10.8 Å². The van der Waals surface area contributed by atoms with Crippen molar-refractivity contribution in [1.82, 2.24) is 4.98 Å². The van der Waals surface area contributed by atoms with Crippen LogP contribution < -0.4 is 9.64 Å². The van der Waals surface area contributed by atoms with Gasteiger partial charge in [-0.1, -0.05) is 40.2 Å². The Balaban J connectivity index is 1.63. The van der Waals surface area contributed by atoms with Gasteiger partial charge in [0, 0.05) is 16.3 Å². The monoisotopic (exact) mass is 430 g/mol. The highest BCUT2D eigenvalue weighted by molar-refractivity contribution is 9.10. The van der Waals surface area contributed by atoms with Crippen molar-refractivity contribution in [2.24, 2.45) is 0 Å². The van der Waals surface area contributed by atoms with Crippen molar-refractivity contribution in [2.45, 2.75) is 19.8 Å². The first-order valence-electron chi connectivity index (χ1n) is 8.32. The summed E-state index contributed by atoms with van der Waals surface area (Å²) in [5.41, 5.74) is 1.75. The van der Waals surface area contributed by atoms with Gasteiger partial charge in [-0.2, -0.15) is 0 Å². The van der Waals surface area contributed by atoms with Gasteiger partial charge in [0.25, 0.3) is 0 Å². The molecule has 0 fully saturated rings. The molecule has 3 rings (SSSR count). The molecule has 2 aromatic carbocycles. The first kappa shape index (κ1) is 18.6. The van der Waals surface area contributed by atoms with Gasteiger partial charge < -0.3 is 4.74 Å². The Bertz CT molecular complexity index is 867. The van der Waals surface area contributed by atoms with Gasteiger partial charge in [-0.05, 0) is 43.7 Å². The maximum atomic E-state index is 12.8. The number of carbonyl (C=O) groups excluding carboxylic acids is 1. The van der Waals surface area contributed by atoms with Crippen LogP contribution in [0.3, 0.4) is 0 Å². The highest BCUT2D eigenvalue weighted by atomic mass is 79.9. The van der Waals surface area contributed by atoms with E-state index in [-0.39, 0.29) is 5.91 Å². The average Bonchev–Trinajstić information content (AvgIpc) is 3.06. The van der Waals surface area contributed by atoms with E-state index in [0.29, 0.717) is 24.6 Å². The molecule has 0 saturated heterocycles.